The second-order valence-electron chi connectivity index (χ2n) is 5.56. The monoisotopic (exact) mass is 280 g/mol. The standard InChI is InChI=1S/C17H28O3/c1-3-4-5-6-7-8-9-10-11-12-13-15-16(18)14(2)20-17(15)19/h3,13-14,16,18H,1,4-12H2,2H3. The van der Waals surface area contributed by atoms with Crippen LogP contribution in [0.5, 0.6) is 0 Å². The highest BCUT2D eigenvalue weighted by Gasteiger charge is 2.34. The maximum absolute atomic E-state index is 11.4. The maximum atomic E-state index is 11.4. The Morgan fingerprint density at radius 2 is 1.65 bits per heavy atom. The van der Waals surface area contributed by atoms with Gasteiger partial charge >= 0.3 is 5.97 Å². The van der Waals surface area contributed by atoms with Gasteiger partial charge in [-0.15, -0.1) is 6.58 Å². The second kappa shape index (κ2) is 9.76. The Morgan fingerprint density at radius 1 is 1.10 bits per heavy atom. The molecule has 0 amide bonds. The molecule has 0 spiro atoms. The third-order valence-electron chi connectivity index (χ3n) is 3.77. The van der Waals surface area contributed by atoms with E-state index in [9.17, 15) is 9.90 Å². The van der Waals surface area contributed by atoms with Gasteiger partial charge in [-0.25, -0.2) is 4.79 Å². The molecular formula is C17H28O3. The predicted molar refractivity (Wildman–Crippen MR) is 81.4 cm³/mol. The molecule has 1 aliphatic rings. The van der Waals surface area contributed by atoms with E-state index < -0.39 is 12.2 Å². The SMILES string of the molecule is C=CCCCCCCCCCC=C1C(=O)OC(C)C1O. The summed E-state index contributed by atoms with van der Waals surface area (Å²) in [5.74, 6) is -0.354. The van der Waals surface area contributed by atoms with E-state index in [0.29, 0.717) is 5.57 Å². The van der Waals surface area contributed by atoms with Crippen LogP contribution >= 0.6 is 0 Å². The highest BCUT2D eigenvalue weighted by atomic mass is 16.6. The molecule has 2 unspecified atom stereocenters. The average Bonchev–Trinajstić information content (AvgIpc) is 2.67. The molecule has 1 fully saturated rings. The Kier molecular flexibility index (Phi) is 8.28. The molecule has 1 aliphatic heterocycles. The molecule has 0 aromatic heterocycles. The first kappa shape index (κ1) is 17.0. The minimum Gasteiger partial charge on any atom is -0.456 e. The van der Waals surface area contributed by atoms with Crippen molar-refractivity contribution in [1.29, 1.82) is 0 Å². The summed E-state index contributed by atoms with van der Waals surface area (Å²) in [4.78, 5) is 11.4. The van der Waals surface area contributed by atoms with Gasteiger partial charge in [0.2, 0.25) is 0 Å². The molecule has 3 heteroatoms. The van der Waals surface area contributed by atoms with Crippen LogP contribution in [-0.2, 0) is 9.53 Å². The first-order chi connectivity index (χ1) is 9.66. The molecule has 0 aromatic rings. The summed E-state index contributed by atoms with van der Waals surface area (Å²) in [6.45, 7) is 5.44. The largest absolute Gasteiger partial charge is 0.456 e. The minimum absolute atomic E-state index is 0.354. The summed E-state index contributed by atoms with van der Waals surface area (Å²) in [7, 11) is 0. The summed E-state index contributed by atoms with van der Waals surface area (Å²) in [5, 5.41) is 9.75. The van der Waals surface area contributed by atoms with Crippen LogP contribution in [0.15, 0.2) is 24.3 Å². The predicted octanol–water partition coefficient (Wildman–Crippen LogP) is 3.92. The Hall–Kier alpha value is -1.09. The minimum atomic E-state index is -0.743. The normalized spacial score (nSPS) is 24.1. The summed E-state index contributed by atoms with van der Waals surface area (Å²) < 4.78 is 4.96. The molecule has 0 aliphatic carbocycles. The lowest BCUT2D eigenvalue weighted by molar-refractivity contribution is -0.138. The van der Waals surface area contributed by atoms with Crippen LogP contribution in [0.25, 0.3) is 0 Å². The topological polar surface area (TPSA) is 46.5 Å². The molecule has 114 valence electrons. The summed E-state index contributed by atoms with van der Waals surface area (Å²) in [6, 6.07) is 0. The second-order valence-corrected chi connectivity index (χ2v) is 5.56. The van der Waals surface area contributed by atoms with Gasteiger partial charge in [-0.3, -0.25) is 0 Å². The zero-order chi connectivity index (χ0) is 14.8. The summed E-state index contributed by atoms with van der Waals surface area (Å²) >= 11 is 0. The number of hydrogen-bond donors (Lipinski definition) is 1. The van der Waals surface area contributed by atoms with Crippen LogP contribution in [-0.4, -0.2) is 23.3 Å². The van der Waals surface area contributed by atoms with Gasteiger partial charge < -0.3 is 9.84 Å². The van der Waals surface area contributed by atoms with E-state index in [0.717, 1.165) is 19.3 Å². The number of hydrogen-bond acceptors (Lipinski definition) is 3. The molecule has 2 atom stereocenters. The smallest absolute Gasteiger partial charge is 0.336 e. The molecule has 1 saturated heterocycles. The molecular weight excluding hydrogens is 252 g/mol. The first-order valence-electron chi connectivity index (χ1n) is 7.86. The van der Waals surface area contributed by atoms with Crippen molar-refractivity contribution in [3.8, 4) is 0 Å². The molecule has 0 aromatic carbocycles. The number of carbonyl (C=O) groups excluding carboxylic acids is 1. The number of aliphatic hydroxyl groups is 1. The van der Waals surface area contributed by atoms with Crippen LogP contribution in [0.1, 0.15) is 64.7 Å². The van der Waals surface area contributed by atoms with E-state index in [2.05, 4.69) is 6.58 Å². The third-order valence-corrected chi connectivity index (χ3v) is 3.77. The number of esters is 1. The molecule has 1 N–H and O–H groups in total. The van der Waals surface area contributed by atoms with Crippen molar-refractivity contribution in [3.05, 3.63) is 24.3 Å². The number of allylic oxidation sites excluding steroid dienone is 2. The molecule has 0 saturated carbocycles. The van der Waals surface area contributed by atoms with Gasteiger partial charge in [0, 0.05) is 0 Å². The van der Waals surface area contributed by atoms with Gasteiger partial charge in [-0.1, -0.05) is 44.3 Å². The lowest BCUT2D eigenvalue weighted by atomic mass is 10.0. The van der Waals surface area contributed by atoms with E-state index in [1.54, 1.807) is 6.92 Å². The van der Waals surface area contributed by atoms with Gasteiger partial charge in [-0.2, -0.15) is 0 Å². The first-order valence-corrected chi connectivity index (χ1v) is 7.86. The quantitative estimate of drug-likeness (QED) is 0.285. The van der Waals surface area contributed by atoms with Gasteiger partial charge in [0.1, 0.15) is 12.2 Å². The summed E-state index contributed by atoms with van der Waals surface area (Å²) in [6.07, 6.45) is 13.3. The molecule has 0 radical (unpaired) electrons. The Morgan fingerprint density at radius 3 is 2.15 bits per heavy atom. The lowest BCUT2D eigenvalue weighted by Crippen LogP contribution is -2.17. The number of cyclic esters (lactones) is 1. The molecule has 3 nitrogen and oxygen atoms in total. The highest BCUT2D eigenvalue weighted by Crippen LogP contribution is 2.22. The molecule has 1 heterocycles. The van der Waals surface area contributed by atoms with E-state index >= 15 is 0 Å². The van der Waals surface area contributed by atoms with Crippen molar-refractivity contribution < 1.29 is 14.6 Å². The van der Waals surface area contributed by atoms with Crippen molar-refractivity contribution in [2.45, 2.75) is 76.9 Å². The van der Waals surface area contributed by atoms with E-state index in [1.165, 1.54) is 38.5 Å². The Balaban J connectivity index is 2.02. The Labute approximate surface area is 122 Å². The van der Waals surface area contributed by atoms with Crippen molar-refractivity contribution >= 4 is 5.97 Å². The van der Waals surface area contributed by atoms with E-state index in [-0.39, 0.29) is 5.97 Å². The lowest BCUT2D eigenvalue weighted by Gasteiger charge is -2.04. The molecule has 20 heavy (non-hydrogen) atoms. The third kappa shape index (κ3) is 5.91. The van der Waals surface area contributed by atoms with Crippen LogP contribution in [0.2, 0.25) is 0 Å². The number of ether oxygens (including phenoxy) is 1. The van der Waals surface area contributed by atoms with Gasteiger partial charge in [0.15, 0.2) is 0 Å². The number of carbonyl (C=O) groups is 1. The van der Waals surface area contributed by atoms with Gasteiger partial charge in [0.05, 0.1) is 5.57 Å². The van der Waals surface area contributed by atoms with Crippen LogP contribution in [0, 0.1) is 0 Å². The van der Waals surface area contributed by atoms with Crippen LogP contribution < -0.4 is 0 Å². The van der Waals surface area contributed by atoms with Crippen molar-refractivity contribution in [2.75, 3.05) is 0 Å². The fraction of sp³-hybridized carbons (Fsp3) is 0.706. The van der Waals surface area contributed by atoms with Crippen LogP contribution in [0.4, 0.5) is 0 Å². The zero-order valence-electron chi connectivity index (χ0n) is 12.6. The maximum Gasteiger partial charge on any atom is 0.336 e. The number of rotatable bonds is 10. The van der Waals surface area contributed by atoms with Crippen molar-refractivity contribution in [1.82, 2.24) is 0 Å². The van der Waals surface area contributed by atoms with Crippen molar-refractivity contribution in [2.24, 2.45) is 0 Å². The zero-order valence-corrected chi connectivity index (χ0v) is 12.6. The summed E-state index contributed by atoms with van der Waals surface area (Å²) in [5.41, 5.74) is 0.446. The molecule has 1 rings (SSSR count). The van der Waals surface area contributed by atoms with E-state index in [4.69, 9.17) is 4.74 Å². The fourth-order valence-electron chi connectivity index (χ4n) is 2.45. The highest BCUT2D eigenvalue weighted by molar-refractivity contribution is 5.92. The average molecular weight is 280 g/mol. The fourth-order valence-corrected chi connectivity index (χ4v) is 2.45. The van der Waals surface area contributed by atoms with Crippen molar-refractivity contribution in [3.63, 3.8) is 0 Å². The van der Waals surface area contributed by atoms with E-state index in [1.807, 2.05) is 12.2 Å². The van der Waals surface area contributed by atoms with Gasteiger partial charge in [-0.05, 0) is 32.6 Å². The van der Waals surface area contributed by atoms with Crippen LogP contribution in [0.3, 0.4) is 0 Å². The number of unbranched alkanes of at least 4 members (excludes halogenated alkanes) is 8. The van der Waals surface area contributed by atoms with Gasteiger partial charge in [0.25, 0.3) is 0 Å². The Bertz CT molecular complexity index is 333. The number of aliphatic hydroxyl groups excluding tert-OH is 1. The molecule has 0 bridgehead atoms.